The summed E-state index contributed by atoms with van der Waals surface area (Å²) in [5.41, 5.74) is 2.38. The number of amides is 4. The van der Waals surface area contributed by atoms with E-state index in [0.717, 1.165) is 27.7 Å². The zero-order valence-electron chi connectivity index (χ0n) is 22.4. The summed E-state index contributed by atoms with van der Waals surface area (Å²) in [6.07, 6.45) is 0.592. The average molecular weight is 535 g/mol. The van der Waals surface area contributed by atoms with Crippen LogP contribution in [0.3, 0.4) is 0 Å². The van der Waals surface area contributed by atoms with E-state index in [0.29, 0.717) is 30.9 Å². The summed E-state index contributed by atoms with van der Waals surface area (Å²) >= 11 is 0. The standard InChI is InChI=1S/C32H30N4O4/c1-21-18-22(26-10-6-7-11-27(26)33-21)19-40-25-14-12-23(13-15-25)31(2)16-17-36(29(31)38)20-32(24-8-4-3-5-9-24)28(37)34-30(39)35-32/h3-15,18H,16-17,19-20H2,1-2H3,(H2,34,35,37,39). The predicted octanol–water partition coefficient (Wildman–Crippen LogP) is 4.35. The Morgan fingerprint density at radius 1 is 0.925 bits per heavy atom. The lowest BCUT2D eigenvalue weighted by atomic mass is 9.81. The molecule has 0 bridgehead atoms. The second-order valence-corrected chi connectivity index (χ2v) is 10.7. The summed E-state index contributed by atoms with van der Waals surface area (Å²) in [7, 11) is 0. The van der Waals surface area contributed by atoms with Crippen LogP contribution in [0.2, 0.25) is 0 Å². The van der Waals surface area contributed by atoms with Crippen molar-refractivity contribution in [1.82, 2.24) is 20.5 Å². The molecule has 0 spiro atoms. The van der Waals surface area contributed by atoms with Gasteiger partial charge in [-0.3, -0.25) is 19.9 Å². The Labute approximate surface area is 232 Å². The van der Waals surface area contributed by atoms with Gasteiger partial charge in [0, 0.05) is 23.2 Å². The molecule has 2 saturated heterocycles. The molecule has 2 N–H and O–H groups in total. The van der Waals surface area contributed by atoms with Gasteiger partial charge >= 0.3 is 6.03 Å². The van der Waals surface area contributed by atoms with E-state index >= 15 is 0 Å². The van der Waals surface area contributed by atoms with E-state index in [4.69, 9.17) is 4.74 Å². The van der Waals surface area contributed by atoms with Crippen LogP contribution in [0.1, 0.15) is 35.7 Å². The number of ether oxygens (including phenoxy) is 1. The Hall–Kier alpha value is -4.72. The highest BCUT2D eigenvalue weighted by molar-refractivity contribution is 6.08. The van der Waals surface area contributed by atoms with Crippen molar-refractivity contribution in [3.05, 3.63) is 107 Å². The number of likely N-dealkylation sites (tertiary alicyclic amines) is 1. The number of carbonyl (C=O) groups is 3. The molecule has 8 nitrogen and oxygen atoms in total. The van der Waals surface area contributed by atoms with Crippen LogP contribution in [0, 0.1) is 6.92 Å². The van der Waals surface area contributed by atoms with Crippen LogP contribution in [0.5, 0.6) is 5.75 Å². The van der Waals surface area contributed by atoms with Crippen LogP contribution in [0.4, 0.5) is 4.79 Å². The second kappa shape index (κ2) is 9.79. The van der Waals surface area contributed by atoms with Gasteiger partial charge in [-0.25, -0.2) is 4.79 Å². The van der Waals surface area contributed by atoms with Crippen LogP contribution < -0.4 is 15.4 Å². The molecule has 0 aliphatic carbocycles. The molecule has 8 heteroatoms. The minimum atomic E-state index is -1.33. The predicted molar refractivity (Wildman–Crippen MR) is 151 cm³/mol. The van der Waals surface area contributed by atoms with Gasteiger partial charge in [-0.15, -0.1) is 0 Å². The molecule has 3 aromatic carbocycles. The maximum Gasteiger partial charge on any atom is 0.322 e. The molecule has 2 aliphatic rings. The number of benzene rings is 3. The molecule has 6 rings (SSSR count). The second-order valence-electron chi connectivity index (χ2n) is 10.7. The van der Waals surface area contributed by atoms with Gasteiger partial charge in [-0.1, -0.05) is 60.7 Å². The number of pyridine rings is 1. The number of aryl methyl sites for hydroxylation is 1. The smallest absolute Gasteiger partial charge is 0.322 e. The molecule has 4 aromatic rings. The molecule has 2 aliphatic heterocycles. The van der Waals surface area contributed by atoms with Crippen molar-refractivity contribution in [2.45, 2.75) is 37.8 Å². The molecule has 1 aromatic heterocycles. The van der Waals surface area contributed by atoms with Crippen molar-refractivity contribution in [3.63, 3.8) is 0 Å². The Morgan fingerprint density at radius 3 is 2.38 bits per heavy atom. The maximum atomic E-state index is 13.8. The number of urea groups is 1. The number of para-hydroxylation sites is 1. The van der Waals surface area contributed by atoms with E-state index < -0.39 is 22.9 Å². The third kappa shape index (κ3) is 4.35. The number of hydrogen-bond acceptors (Lipinski definition) is 5. The highest BCUT2D eigenvalue weighted by Gasteiger charge is 2.53. The van der Waals surface area contributed by atoms with Crippen molar-refractivity contribution >= 4 is 28.7 Å². The van der Waals surface area contributed by atoms with E-state index in [-0.39, 0.29) is 12.5 Å². The van der Waals surface area contributed by atoms with Gasteiger partial charge in [-0.05, 0) is 55.7 Å². The highest BCUT2D eigenvalue weighted by Crippen LogP contribution is 2.38. The third-order valence-corrected chi connectivity index (χ3v) is 8.09. The number of fused-ring (bicyclic) bond motifs is 1. The minimum Gasteiger partial charge on any atom is -0.489 e. The van der Waals surface area contributed by atoms with Gasteiger partial charge in [-0.2, -0.15) is 0 Å². The van der Waals surface area contributed by atoms with Crippen molar-refractivity contribution in [3.8, 4) is 5.75 Å². The van der Waals surface area contributed by atoms with Gasteiger partial charge in [0.15, 0.2) is 5.54 Å². The van der Waals surface area contributed by atoms with E-state index in [9.17, 15) is 14.4 Å². The zero-order valence-corrected chi connectivity index (χ0v) is 22.4. The molecule has 3 heterocycles. The van der Waals surface area contributed by atoms with Crippen molar-refractivity contribution in [2.75, 3.05) is 13.1 Å². The minimum absolute atomic E-state index is 0.0590. The molecule has 0 radical (unpaired) electrons. The van der Waals surface area contributed by atoms with Crippen molar-refractivity contribution < 1.29 is 19.1 Å². The molecule has 202 valence electrons. The van der Waals surface area contributed by atoms with Gasteiger partial charge in [0.05, 0.1) is 17.5 Å². The highest BCUT2D eigenvalue weighted by atomic mass is 16.5. The third-order valence-electron chi connectivity index (χ3n) is 8.09. The SMILES string of the molecule is Cc1cc(COc2ccc(C3(C)CCN(CC4(c5ccccc5)NC(=O)NC4=O)C3=O)cc2)c2ccccc2n1. The van der Waals surface area contributed by atoms with Crippen molar-refractivity contribution in [1.29, 1.82) is 0 Å². The summed E-state index contributed by atoms with van der Waals surface area (Å²) in [4.78, 5) is 45.2. The van der Waals surface area contributed by atoms with Crippen LogP contribution >= 0.6 is 0 Å². The fraction of sp³-hybridized carbons (Fsp3) is 0.250. The quantitative estimate of drug-likeness (QED) is 0.344. The summed E-state index contributed by atoms with van der Waals surface area (Å²) in [5, 5.41) is 6.19. The van der Waals surface area contributed by atoms with Gasteiger partial charge in [0.25, 0.3) is 5.91 Å². The van der Waals surface area contributed by atoms with Crippen LogP contribution in [-0.4, -0.2) is 40.8 Å². The normalized spacial score (nSPS) is 22.4. The first-order chi connectivity index (χ1) is 19.3. The molecule has 2 atom stereocenters. The number of carbonyl (C=O) groups excluding carboxylic acids is 3. The first-order valence-electron chi connectivity index (χ1n) is 13.4. The number of imide groups is 1. The Kier molecular flexibility index (Phi) is 6.25. The Balaban J connectivity index is 1.18. The summed E-state index contributed by atoms with van der Waals surface area (Å²) in [6, 6.07) is 26.2. The molecule has 4 amide bonds. The first kappa shape index (κ1) is 25.6. The molecule has 2 fully saturated rings. The summed E-state index contributed by atoms with van der Waals surface area (Å²) in [6.45, 7) is 4.84. The molecular weight excluding hydrogens is 504 g/mol. The first-order valence-corrected chi connectivity index (χ1v) is 13.4. The monoisotopic (exact) mass is 534 g/mol. The Morgan fingerprint density at radius 2 is 1.65 bits per heavy atom. The van der Waals surface area contributed by atoms with Gasteiger partial charge in [0.2, 0.25) is 5.91 Å². The fourth-order valence-corrected chi connectivity index (χ4v) is 5.84. The zero-order chi connectivity index (χ0) is 27.9. The number of nitrogens with zero attached hydrogens (tertiary/aromatic N) is 2. The van der Waals surface area contributed by atoms with Crippen LogP contribution in [-0.2, 0) is 27.1 Å². The molecular formula is C32H30N4O4. The molecule has 40 heavy (non-hydrogen) atoms. The summed E-state index contributed by atoms with van der Waals surface area (Å²) < 4.78 is 6.12. The van der Waals surface area contributed by atoms with Crippen LogP contribution in [0.25, 0.3) is 10.9 Å². The number of rotatable bonds is 7. The van der Waals surface area contributed by atoms with E-state index in [1.54, 1.807) is 17.0 Å². The lowest BCUT2D eigenvalue weighted by Gasteiger charge is -2.32. The molecule has 2 unspecified atom stereocenters. The molecule has 0 saturated carbocycles. The maximum absolute atomic E-state index is 13.8. The number of aromatic nitrogens is 1. The topological polar surface area (TPSA) is 101 Å². The van der Waals surface area contributed by atoms with Crippen molar-refractivity contribution in [2.24, 2.45) is 0 Å². The van der Waals surface area contributed by atoms with E-state index in [2.05, 4.69) is 15.6 Å². The van der Waals surface area contributed by atoms with E-state index in [1.165, 1.54) is 0 Å². The van der Waals surface area contributed by atoms with Gasteiger partial charge < -0.3 is 15.0 Å². The Bertz CT molecular complexity index is 1620. The lowest BCUT2D eigenvalue weighted by molar-refractivity contribution is -0.134. The lowest BCUT2D eigenvalue weighted by Crippen LogP contribution is -2.53. The fourth-order valence-electron chi connectivity index (χ4n) is 5.84. The van der Waals surface area contributed by atoms with Gasteiger partial charge in [0.1, 0.15) is 12.4 Å². The van der Waals surface area contributed by atoms with E-state index in [1.807, 2.05) is 86.6 Å². The largest absolute Gasteiger partial charge is 0.489 e. The summed E-state index contributed by atoms with van der Waals surface area (Å²) in [5.74, 6) is 0.175. The number of hydrogen-bond donors (Lipinski definition) is 2. The number of nitrogens with one attached hydrogen (secondary N) is 2. The van der Waals surface area contributed by atoms with Crippen LogP contribution in [0.15, 0.2) is 84.9 Å². The average Bonchev–Trinajstić information content (AvgIpc) is 3.42.